The number of hydrogen-bond acceptors (Lipinski definition) is 1. The van der Waals surface area contributed by atoms with Gasteiger partial charge in [-0.2, -0.15) is 0 Å². The molecular weight excluding hydrogens is 237 g/mol. The molecule has 0 bridgehead atoms. The highest BCUT2D eigenvalue weighted by Gasteiger charge is 2.21. The normalized spacial score (nSPS) is 17.5. The van der Waals surface area contributed by atoms with E-state index in [9.17, 15) is 4.39 Å². The average molecular weight is 255 g/mol. The van der Waals surface area contributed by atoms with Crippen LogP contribution in [0.15, 0.2) is 42.5 Å². The minimum Gasteiger partial charge on any atom is -0.330 e. The van der Waals surface area contributed by atoms with E-state index in [2.05, 4.69) is 24.3 Å². The van der Waals surface area contributed by atoms with Crippen LogP contribution < -0.4 is 5.73 Å². The SMILES string of the molecule is NCC[C@H]1Cc2cc(F)ccc2Cc2ccccc21. The third-order valence-electron chi connectivity index (χ3n) is 4.03. The van der Waals surface area contributed by atoms with Crippen LogP contribution in [-0.2, 0) is 12.8 Å². The Morgan fingerprint density at radius 2 is 1.89 bits per heavy atom. The molecule has 2 aromatic carbocycles. The van der Waals surface area contributed by atoms with Crippen LogP contribution in [0.2, 0.25) is 0 Å². The number of benzene rings is 2. The Kier molecular flexibility index (Phi) is 3.34. The summed E-state index contributed by atoms with van der Waals surface area (Å²) in [5.41, 5.74) is 10.9. The van der Waals surface area contributed by atoms with Crippen molar-refractivity contribution in [3.63, 3.8) is 0 Å². The lowest BCUT2D eigenvalue weighted by atomic mass is 9.89. The van der Waals surface area contributed by atoms with Gasteiger partial charge in [-0.3, -0.25) is 0 Å². The topological polar surface area (TPSA) is 26.0 Å². The van der Waals surface area contributed by atoms with Crippen molar-refractivity contribution in [2.75, 3.05) is 6.54 Å². The molecular formula is C17H18FN. The van der Waals surface area contributed by atoms with Crippen LogP contribution in [0.25, 0.3) is 0 Å². The molecule has 0 aromatic heterocycles. The molecule has 98 valence electrons. The van der Waals surface area contributed by atoms with Crippen LogP contribution in [0.5, 0.6) is 0 Å². The van der Waals surface area contributed by atoms with E-state index in [4.69, 9.17) is 5.73 Å². The van der Waals surface area contributed by atoms with Crippen LogP contribution in [0.3, 0.4) is 0 Å². The molecule has 1 aliphatic rings. The van der Waals surface area contributed by atoms with Gasteiger partial charge in [0, 0.05) is 0 Å². The predicted molar refractivity (Wildman–Crippen MR) is 75.8 cm³/mol. The summed E-state index contributed by atoms with van der Waals surface area (Å²) in [6.07, 6.45) is 2.74. The second kappa shape index (κ2) is 5.14. The Hall–Kier alpha value is -1.67. The zero-order valence-electron chi connectivity index (χ0n) is 10.9. The van der Waals surface area contributed by atoms with Crippen molar-refractivity contribution in [2.24, 2.45) is 5.73 Å². The van der Waals surface area contributed by atoms with E-state index >= 15 is 0 Å². The Morgan fingerprint density at radius 1 is 1.05 bits per heavy atom. The lowest BCUT2D eigenvalue weighted by Crippen LogP contribution is -2.10. The van der Waals surface area contributed by atoms with Crippen molar-refractivity contribution in [3.05, 3.63) is 70.5 Å². The van der Waals surface area contributed by atoms with Crippen molar-refractivity contribution < 1.29 is 4.39 Å². The van der Waals surface area contributed by atoms with E-state index in [-0.39, 0.29) is 5.82 Å². The van der Waals surface area contributed by atoms with E-state index in [0.717, 1.165) is 24.8 Å². The first-order chi connectivity index (χ1) is 9.28. The third-order valence-corrected chi connectivity index (χ3v) is 4.03. The highest BCUT2D eigenvalue weighted by Crippen LogP contribution is 2.33. The minimum atomic E-state index is -0.142. The van der Waals surface area contributed by atoms with Gasteiger partial charge >= 0.3 is 0 Å². The molecule has 0 saturated heterocycles. The molecule has 0 saturated carbocycles. The summed E-state index contributed by atoms with van der Waals surface area (Å²) in [7, 11) is 0. The van der Waals surface area contributed by atoms with Gasteiger partial charge in [-0.05, 0) is 66.1 Å². The summed E-state index contributed by atoms with van der Waals surface area (Å²) in [5.74, 6) is 0.264. The van der Waals surface area contributed by atoms with Gasteiger partial charge in [-0.25, -0.2) is 4.39 Å². The largest absolute Gasteiger partial charge is 0.330 e. The first-order valence-electron chi connectivity index (χ1n) is 6.83. The van der Waals surface area contributed by atoms with Crippen LogP contribution >= 0.6 is 0 Å². The lowest BCUT2D eigenvalue weighted by molar-refractivity contribution is 0.610. The second-order valence-electron chi connectivity index (χ2n) is 5.27. The number of nitrogens with two attached hydrogens (primary N) is 1. The average Bonchev–Trinajstić information content (AvgIpc) is 2.56. The second-order valence-corrected chi connectivity index (χ2v) is 5.27. The maximum Gasteiger partial charge on any atom is 0.123 e. The summed E-state index contributed by atoms with van der Waals surface area (Å²) in [6.45, 7) is 0.670. The zero-order valence-corrected chi connectivity index (χ0v) is 10.9. The van der Waals surface area contributed by atoms with Crippen LogP contribution in [-0.4, -0.2) is 6.54 Å². The molecule has 2 N–H and O–H groups in total. The molecule has 0 heterocycles. The van der Waals surface area contributed by atoms with Crippen molar-refractivity contribution in [2.45, 2.75) is 25.2 Å². The van der Waals surface area contributed by atoms with E-state index < -0.39 is 0 Å². The number of fused-ring (bicyclic) bond motifs is 2. The van der Waals surface area contributed by atoms with Gasteiger partial charge < -0.3 is 5.73 Å². The summed E-state index contributed by atoms with van der Waals surface area (Å²) in [4.78, 5) is 0. The Bertz CT molecular complexity index is 592. The molecule has 1 atom stereocenters. The Morgan fingerprint density at radius 3 is 2.74 bits per heavy atom. The molecule has 3 rings (SSSR count). The summed E-state index contributed by atoms with van der Waals surface area (Å²) in [6, 6.07) is 13.7. The highest BCUT2D eigenvalue weighted by molar-refractivity contribution is 5.42. The standard InChI is InChI=1S/C17H18FN/c18-16-6-5-12-9-13-3-1-2-4-17(13)14(7-8-19)10-15(12)11-16/h1-6,11,14H,7-10,19H2/t14-/m0/s1. The van der Waals surface area contributed by atoms with E-state index in [1.165, 1.54) is 16.7 Å². The van der Waals surface area contributed by atoms with Gasteiger partial charge in [0.15, 0.2) is 0 Å². The maximum absolute atomic E-state index is 13.4. The molecule has 2 heteroatoms. The van der Waals surface area contributed by atoms with Gasteiger partial charge in [-0.1, -0.05) is 30.3 Å². The molecule has 0 fully saturated rings. The molecule has 1 aliphatic carbocycles. The Labute approximate surface area is 113 Å². The first kappa shape index (κ1) is 12.4. The van der Waals surface area contributed by atoms with Gasteiger partial charge in [0.1, 0.15) is 5.82 Å². The predicted octanol–water partition coefficient (Wildman–Crippen LogP) is 3.41. The lowest BCUT2D eigenvalue weighted by Gasteiger charge is -2.17. The van der Waals surface area contributed by atoms with Gasteiger partial charge in [-0.15, -0.1) is 0 Å². The van der Waals surface area contributed by atoms with Crippen LogP contribution in [0.4, 0.5) is 4.39 Å². The van der Waals surface area contributed by atoms with Crippen LogP contribution in [0, 0.1) is 5.82 Å². The fourth-order valence-corrected chi connectivity index (χ4v) is 3.09. The molecule has 0 radical (unpaired) electrons. The highest BCUT2D eigenvalue weighted by atomic mass is 19.1. The molecule has 0 aliphatic heterocycles. The van der Waals surface area contributed by atoms with Gasteiger partial charge in [0.2, 0.25) is 0 Å². The summed E-state index contributed by atoms with van der Waals surface area (Å²) >= 11 is 0. The monoisotopic (exact) mass is 255 g/mol. The number of rotatable bonds is 2. The molecule has 2 aromatic rings. The summed E-state index contributed by atoms with van der Waals surface area (Å²) in [5, 5.41) is 0. The van der Waals surface area contributed by atoms with Crippen molar-refractivity contribution in [1.29, 1.82) is 0 Å². The quantitative estimate of drug-likeness (QED) is 0.874. The van der Waals surface area contributed by atoms with E-state index in [1.54, 1.807) is 12.1 Å². The summed E-state index contributed by atoms with van der Waals surface area (Å²) < 4.78 is 13.4. The van der Waals surface area contributed by atoms with Gasteiger partial charge in [0.25, 0.3) is 0 Å². The Balaban J connectivity index is 2.09. The van der Waals surface area contributed by atoms with Crippen molar-refractivity contribution in [3.8, 4) is 0 Å². The molecule has 0 unspecified atom stereocenters. The van der Waals surface area contributed by atoms with Crippen molar-refractivity contribution in [1.82, 2.24) is 0 Å². The first-order valence-corrected chi connectivity index (χ1v) is 6.83. The molecule has 0 amide bonds. The van der Waals surface area contributed by atoms with E-state index in [0.29, 0.717) is 12.5 Å². The zero-order chi connectivity index (χ0) is 13.2. The number of hydrogen-bond donors (Lipinski definition) is 1. The van der Waals surface area contributed by atoms with Gasteiger partial charge in [0.05, 0.1) is 0 Å². The smallest absolute Gasteiger partial charge is 0.123 e. The molecule has 19 heavy (non-hydrogen) atoms. The molecule has 0 spiro atoms. The van der Waals surface area contributed by atoms with Crippen LogP contribution in [0.1, 0.15) is 34.6 Å². The van der Waals surface area contributed by atoms with E-state index in [1.807, 2.05) is 6.07 Å². The third kappa shape index (κ3) is 2.41. The number of halogens is 1. The maximum atomic E-state index is 13.4. The fourth-order valence-electron chi connectivity index (χ4n) is 3.09. The fraction of sp³-hybridized carbons (Fsp3) is 0.294. The van der Waals surface area contributed by atoms with Crippen molar-refractivity contribution >= 4 is 0 Å². The molecule has 1 nitrogen and oxygen atoms in total. The minimum absolute atomic E-state index is 0.142.